The highest BCUT2D eigenvalue weighted by Crippen LogP contribution is 2.23. The molecule has 1 aromatic carbocycles. The lowest BCUT2D eigenvalue weighted by Gasteiger charge is -1.99. The molecule has 0 amide bonds. The Bertz CT molecular complexity index is 398. The fraction of sp³-hybridized carbons (Fsp3) is 0. The zero-order valence-corrected chi connectivity index (χ0v) is 7.08. The van der Waals surface area contributed by atoms with Crippen molar-refractivity contribution < 1.29 is 14.8 Å². The molecular formula is C9H7NO4. The van der Waals surface area contributed by atoms with Crippen LogP contribution in [-0.2, 0) is 4.79 Å². The molecule has 0 bridgehead atoms. The molecule has 0 aliphatic heterocycles. The van der Waals surface area contributed by atoms with Gasteiger partial charge in [0.15, 0.2) is 6.29 Å². The van der Waals surface area contributed by atoms with E-state index in [9.17, 15) is 14.9 Å². The summed E-state index contributed by atoms with van der Waals surface area (Å²) in [7, 11) is 0. The first-order chi connectivity index (χ1) is 6.70. The molecule has 0 aliphatic carbocycles. The third-order valence-electron chi connectivity index (χ3n) is 1.68. The number of allylic oxidation sites excluding steroid dienone is 1. The molecule has 0 atom stereocenters. The van der Waals surface area contributed by atoms with Gasteiger partial charge in [-0.15, -0.1) is 0 Å². The van der Waals surface area contributed by atoms with Gasteiger partial charge in [-0.05, 0) is 6.07 Å². The van der Waals surface area contributed by atoms with Gasteiger partial charge in [-0.3, -0.25) is 14.9 Å². The molecule has 5 nitrogen and oxygen atoms in total. The zero-order chi connectivity index (χ0) is 10.6. The van der Waals surface area contributed by atoms with Crippen molar-refractivity contribution in [2.45, 2.75) is 0 Å². The number of hydrogen-bond donors (Lipinski definition) is 1. The van der Waals surface area contributed by atoms with Crippen molar-refractivity contribution in [3.05, 3.63) is 46.2 Å². The van der Waals surface area contributed by atoms with Crippen molar-refractivity contribution in [3.63, 3.8) is 0 Å². The normalized spacial score (nSPS) is 11.0. The number of aliphatic hydroxyl groups excluding tert-OH is 1. The van der Waals surface area contributed by atoms with Gasteiger partial charge in [0, 0.05) is 6.07 Å². The maximum absolute atomic E-state index is 10.5. The standard InChI is InChI=1S/C9H7NO4/c11-5-7(6-12)8-3-1-2-4-9(8)10(13)14/h1-6,11H. The summed E-state index contributed by atoms with van der Waals surface area (Å²) in [6, 6.07) is 5.70. The summed E-state index contributed by atoms with van der Waals surface area (Å²) in [5.74, 6) is 0. The zero-order valence-electron chi connectivity index (χ0n) is 7.08. The Labute approximate surface area is 79.4 Å². The van der Waals surface area contributed by atoms with Crippen LogP contribution in [0.3, 0.4) is 0 Å². The van der Waals surface area contributed by atoms with E-state index in [0.717, 1.165) is 0 Å². The van der Waals surface area contributed by atoms with Gasteiger partial charge in [-0.1, -0.05) is 12.1 Å². The Morgan fingerprint density at radius 3 is 2.57 bits per heavy atom. The van der Waals surface area contributed by atoms with Gasteiger partial charge >= 0.3 is 0 Å². The van der Waals surface area contributed by atoms with E-state index in [-0.39, 0.29) is 16.8 Å². The van der Waals surface area contributed by atoms with Crippen LogP contribution in [0.5, 0.6) is 0 Å². The Hall–Kier alpha value is -2.17. The molecule has 0 saturated carbocycles. The van der Waals surface area contributed by atoms with Gasteiger partial charge in [0.2, 0.25) is 0 Å². The average molecular weight is 193 g/mol. The Morgan fingerprint density at radius 2 is 2.07 bits per heavy atom. The second-order valence-corrected chi connectivity index (χ2v) is 2.48. The summed E-state index contributed by atoms with van der Waals surface area (Å²) in [4.78, 5) is 20.4. The number of carbonyl (C=O) groups is 1. The monoisotopic (exact) mass is 193 g/mol. The van der Waals surface area contributed by atoms with Crippen LogP contribution in [0.4, 0.5) is 5.69 Å². The SMILES string of the molecule is O=CC(=CO)c1ccccc1[N+](=O)[O-]. The van der Waals surface area contributed by atoms with Crippen molar-refractivity contribution in [2.75, 3.05) is 0 Å². The number of hydrogen-bond acceptors (Lipinski definition) is 4. The van der Waals surface area contributed by atoms with Crippen LogP contribution in [0.1, 0.15) is 5.56 Å². The summed E-state index contributed by atoms with van der Waals surface area (Å²) >= 11 is 0. The van der Waals surface area contributed by atoms with Crippen LogP contribution in [0.25, 0.3) is 5.57 Å². The number of para-hydroxylation sites is 1. The topological polar surface area (TPSA) is 80.4 Å². The predicted molar refractivity (Wildman–Crippen MR) is 49.8 cm³/mol. The van der Waals surface area contributed by atoms with Gasteiger partial charge < -0.3 is 5.11 Å². The quantitative estimate of drug-likeness (QED) is 0.260. The van der Waals surface area contributed by atoms with E-state index in [1.54, 1.807) is 6.07 Å². The molecular weight excluding hydrogens is 186 g/mol. The van der Waals surface area contributed by atoms with E-state index in [2.05, 4.69) is 0 Å². The second kappa shape index (κ2) is 4.18. The Balaban J connectivity index is 3.33. The van der Waals surface area contributed by atoms with E-state index < -0.39 is 4.92 Å². The number of aldehydes is 1. The third kappa shape index (κ3) is 1.77. The van der Waals surface area contributed by atoms with Crippen molar-refractivity contribution in [3.8, 4) is 0 Å². The van der Waals surface area contributed by atoms with Crippen LogP contribution in [0.2, 0.25) is 0 Å². The number of nitrogens with zero attached hydrogens (tertiary/aromatic N) is 1. The first kappa shape index (κ1) is 9.91. The lowest BCUT2D eigenvalue weighted by molar-refractivity contribution is -0.385. The third-order valence-corrected chi connectivity index (χ3v) is 1.68. The molecule has 0 radical (unpaired) electrons. The maximum atomic E-state index is 10.5. The van der Waals surface area contributed by atoms with Gasteiger partial charge in [0.1, 0.15) is 0 Å². The molecule has 0 spiro atoms. The molecule has 72 valence electrons. The van der Waals surface area contributed by atoms with Crippen LogP contribution < -0.4 is 0 Å². The largest absolute Gasteiger partial charge is 0.515 e. The molecule has 0 unspecified atom stereocenters. The first-order valence-electron chi connectivity index (χ1n) is 3.74. The van der Waals surface area contributed by atoms with Gasteiger partial charge in [0.25, 0.3) is 5.69 Å². The molecule has 0 aromatic heterocycles. The molecule has 1 rings (SSSR count). The van der Waals surface area contributed by atoms with Crippen LogP contribution in [0, 0.1) is 10.1 Å². The highest BCUT2D eigenvalue weighted by atomic mass is 16.6. The molecule has 0 saturated heterocycles. The summed E-state index contributed by atoms with van der Waals surface area (Å²) in [6.45, 7) is 0. The van der Waals surface area contributed by atoms with Gasteiger partial charge in [0.05, 0.1) is 22.3 Å². The highest BCUT2D eigenvalue weighted by molar-refractivity contribution is 6.08. The van der Waals surface area contributed by atoms with E-state index in [4.69, 9.17) is 5.11 Å². The van der Waals surface area contributed by atoms with Crippen molar-refractivity contribution >= 4 is 17.5 Å². The number of aliphatic hydroxyl groups is 1. The maximum Gasteiger partial charge on any atom is 0.277 e. The number of carbonyl (C=O) groups excluding carboxylic acids is 1. The summed E-state index contributed by atoms with van der Waals surface area (Å²) in [5.41, 5.74) is -0.216. The first-order valence-corrected chi connectivity index (χ1v) is 3.74. The summed E-state index contributed by atoms with van der Waals surface area (Å²) in [5, 5.41) is 19.2. The Kier molecular flexibility index (Phi) is 2.96. The number of benzene rings is 1. The van der Waals surface area contributed by atoms with Crippen LogP contribution >= 0.6 is 0 Å². The number of nitro groups is 1. The summed E-state index contributed by atoms with van der Waals surface area (Å²) in [6.07, 6.45) is 0.914. The van der Waals surface area contributed by atoms with Crippen molar-refractivity contribution in [1.82, 2.24) is 0 Å². The minimum Gasteiger partial charge on any atom is -0.515 e. The average Bonchev–Trinajstić information content (AvgIpc) is 2.20. The summed E-state index contributed by atoms with van der Waals surface area (Å²) < 4.78 is 0. The molecule has 1 aromatic rings. The number of rotatable bonds is 3. The van der Waals surface area contributed by atoms with E-state index in [1.165, 1.54) is 18.2 Å². The minimum absolute atomic E-state index is 0.106. The van der Waals surface area contributed by atoms with E-state index >= 15 is 0 Å². The fourth-order valence-electron chi connectivity index (χ4n) is 1.04. The molecule has 0 aliphatic rings. The minimum atomic E-state index is -0.609. The van der Waals surface area contributed by atoms with Crippen molar-refractivity contribution in [2.24, 2.45) is 0 Å². The molecule has 0 heterocycles. The van der Waals surface area contributed by atoms with Gasteiger partial charge in [-0.25, -0.2) is 0 Å². The molecule has 1 N–H and O–H groups in total. The van der Waals surface area contributed by atoms with Crippen molar-refractivity contribution in [1.29, 1.82) is 0 Å². The molecule has 5 heteroatoms. The molecule has 0 fully saturated rings. The van der Waals surface area contributed by atoms with E-state index in [0.29, 0.717) is 12.5 Å². The highest BCUT2D eigenvalue weighted by Gasteiger charge is 2.15. The molecule has 14 heavy (non-hydrogen) atoms. The lowest BCUT2D eigenvalue weighted by atomic mass is 10.1. The van der Waals surface area contributed by atoms with Gasteiger partial charge in [-0.2, -0.15) is 0 Å². The van der Waals surface area contributed by atoms with E-state index in [1.807, 2.05) is 0 Å². The second-order valence-electron chi connectivity index (χ2n) is 2.48. The number of nitro benzene ring substituents is 1. The Morgan fingerprint density at radius 1 is 1.43 bits per heavy atom. The predicted octanol–water partition coefficient (Wildman–Crippen LogP) is 1.69. The van der Waals surface area contributed by atoms with Crippen LogP contribution in [-0.4, -0.2) is 16.3 Å². The van der Waals surface area contributed by atoms with Crippen LogP contribution in [0.15, 0.2) is 30.5 Å². The fourth-order valence-corrected chi connectivity index (χ4v) is 1.04. The lowest BCUT2D eigenvalue weighted by Crippen LogP contribution is -1.95. The smallest absolute Gasteiger partial charge is 0.277 e.